The van der Waals surface area contributed by atoms with Gasteiger partial charge in [0.05, 0.1) is 22.6 Å². The summed E-state index contributed by atoms with van der Waals surface area (Å²) in [6.07, 6.45) is 4.98. The van der Waals surface area contributed by atoms with E-state index in [1.54, 1.807) is 42.5 Å². The number of pyridine rings is 1. The lowest BCUT2D eigenvalue weighted by Gasteiger charge is -2.35. The van der Waals surface area contributed by atoms with Gasteiger partial charge in [0, 0.05) is 79.7 Å². The molecule has 2 aromatic carbocycles. The number of carbonyl (C=O) groups is 1. The molecule has 0 spiro atoms. The number of carbonyl (C=O) groups excluding carboxylic acids is 1. The summed E-state index contributed by atoms with van der Waals surface area (Å²) in [5.74, 6) is 1.28. The van der Waals surface area contributed by atoms with Crippen molar-refractivity contribution >= 4 is 40.7 Å². The first-order chi connectivity index (χ1) is 21.6. The molecule has 1 saturated heterocycles. The van der Waals surface area contributed by atoms with Crippen LogP contribution in [0.15, 0.2) is 90.5 Å². The molecule has 0 aliphatic carbocycles. The summed E-state index contributed by atoms with van der Waals surface area (Å²) in [6, 6.07) is 21.7. The highest BCUT2D eigenvalue weighted by Gasteiger charge is 2.25. The van der Waals surface area contributed by atoms with Gasteiger partial charge < -0.3 is 25.0 Å². The van der Waals surface area contributed by atoms with Crippen LogP contribution in [-0.2, 0) is 6.54 Å². The van der Waals surface area contributed by atoms with Crippen LogP contribution < -0.4 is 15.5 Å². The van der Waals surface area contributed by atoms with Crippen molar-refractivity contribution in [2.45, 2.75) is 18.6 Å². The third-order valence-corrected chi connectivity index (χ3v) is 8.96. The van der Waals surface area contributed by atoms with Gasteiger partial charge in [-0.3, -0.25) is 9.78 Å². The maximum Gasteiger partial charge on any atom is 0.257 e. The summed E-state index contributed by atoms with van der Waals surface area (Å²) in [5.41, 5.74) is 6.80. The van der Waals surface area contributed by atoms with E-state index >= 15 is 0 Å². The van der Waals surface area contributed by atoms with E-state index in [1.165, 1.54) is 5.69 Å². The predicted molar refractivity (Wildman–Crippen MR) is 176 cm³/mol. The molecule has 0 atom stereocenters. The van der Waals surface area contributed by atoms with E-state index in [0.29, 0.717) is 17.2 Å². The Balaban J connectivity index is 1.13. The van der Waals surface area contributed by atoms with Crippen molar-refractivity contribution < 1.29 is 4.79 Å². The molecule has 5 aromatic rings. The number of likely N-dealkylation sites (N-methyl/N-ethyl adjacent to an activating group) is 1. The van der Waals surface area contributed by atoms with Crippen LogP contribution in [0.3, 0.4) is 0 Å². The number of benzene rings is 2. The largest absolute Gasteiger partial charge is 0.369 e. The molecule has 2 N–H and O–H groups in total. The molecule has 0 bridgehead atoms. The first-order valence-corrected chi connectivity index (χ1v) is 15.9. The smallest absolute Gasteiger partial charge is 0.257 e. The van der Waals surface area contributed by atoms with E-state index in [-0.39, 0.29) is 5.91 Å². The van der Waals surface area contributed by atoms with Gasteiger partial charge in [-0.1, -0.05) is 30.8 Å². The summed E-state index contributed by atoms with van der Waals surface area (Å²) >= 11 is 1.73. The summed E-state index contributed by atoms with van der Waals surface area (Å²) in [5, 5.41) is 7.33. The first kappa shape index (κ1) is 28.1. The van der Waals surface area contributed by atoms with Crippen LogP contribution in [0.2, 0.25) is 0 Å². The number of nitrogens with one attached hydrogen (secondary N) is 2. The van der Waals surface area contributed by atoms with Gasteiger partial charge in [0.15, 0.2) is 5.16 Å². The molecule has 222 valence electrons. The van der Waals surface area contributed by atoms with Crippen LogP contribution in [-0.4, -0.2) is 73.8 Å². The Labute approximate surface area is 260 Å². The maximum absolute atomic E-state index is 12.8. The molecule has 0 saturated carbocycles. The Morgan fingerprint density at radius 3 is 2.57 bits per heavy atom. The van der Waals surface area contributed by atoms with Crippen molar-refractivity contribution in [1.82, 2.24) is 29.4 Å². The molecular formula is C33H33N9OS. The average Bonchev–Trinajstić information content (AvgIpc) is 3.68. The molecule has 2 aliphatic heterocycles. The normalized spacial score (nSPS) is 14.8. The van der Waals surface area contributed by atoms with Crippen molar-refractivity contribution in [3.05, 3.63) is 90.9 Å². The number of thioether (sulfide) groups is 1. The third kappa shape index (κ3) is 5.88. The fourth-order valence-electron chi connectivity index (χ4n) is 5.64. The second-order valence-electron chi connectivity index (χ2n) is 10.7. The van der Waals surface area contributed by atoms with Crippen LogP contribution in [0.25, 0.3) is 22.6 Å². The number of hydrogen-bond donors (Lipinski definition) is 2. The minimum atomic E-state index is -0.211. The van der Waals surface area contributed by atoms with Crippen LogP contribution in [0.1, 0.15) is 17.3 Å². The summed E-state index contributed by atoms with van der Waals surface area (Å²) < 4.78 is 2.22. The molecule has 7 rings (SSSR count). The van der Waals surface area contributed by atoms with Crippen LogP contribution >= 0.6 is 11.8 Å². The number of piperazine rings is 1. The number of fused-ring (bicyclic) bond motifs is 1. The standard InChI is InChI=1S/C33H33N9OS/c1-2-40-15-17-41(18-16-40)27-10-8-25(9-11-27)37-32-35-14-12-28(38-32)30-29(39-33-42(30)19-20-44-33)23-5-3-7-26(21-23)36-31(43)24-6-4-13-34-22-24/h3-14,21-22H,2,15-20H2,1H3,(H,36,43)(H,35,37,38). The van der Waals surface area contributed by atoms with E-state index < -0.39 is 0 Å². The van der Waals surface area contributed by atoms with Crippen LogP contribution in [0, 0.1) is 0 Å². The van der Waals surface area contributed by atoms with Crippen molar-refractivity contribution in [2.75, 3.05) is 54.0 Å². The predicted octanol–water partition coefficient (Wildman–Crippen LogP) is 5.65. The van der Waals surface area contributed by atoms with E-state index in [4.69, 9.17) is 9.97 Å². The van der Waals surface area contributed by atoms with Gasteiger partial charge in [-0.15, -0.1) is 0 Å². The van der Waals surface area contributed by atoms with E-state index in [0.717, 1.165) is 78.5 Å². The van der Waals surface area contributed by atoms with Gasteiger partial charge in [-0.2, -0.15) is 0 Å². The maximum atomic E-state index is 12.8. The summed E-state index contributed by atoms with van der Waals surface area (Å²) in [6.45, 7) is 8.46. The number of imidazole rings is 1. The highest BCUT2D eigenvalue weighted by molar-refractivity contribution is 7.99. The first-order valence-electron chi connectivity index (χ1n) is 14.9. The van der Waals surface area contributed by atoms with Crippen molar-refractivity contribution in [1.29, 1.82) is 0 Å². The SMILES string of the molecule is CCN1CCN(c2ccc(Nc3nccc(-c4c(-c5cccc(NC(=O)c6cccnc6)c5)nc5n4CCS5)n3)cc2)CC1. The van der Waals surface area contributed by atoms with Gasteiger partial charge in [0.2, 0.25) is 5.95 Å². The lowest BCUT2D eigenvalue weighted by Crippen LogP contribution is -2.46. The molecule has 3 aromatic heterocycles. The van der Waals surface area contributed by atoms with E-state index in [2.05, 4.69) is 66.2 Å². The number of aromatic nitrogens is 5. The number of amides is 1. The van der Waals surface area contributed by atoms with Gasteiger partial charge in [-0.25, -0.2) is 15.0 Å². The Kier molecular flexibility index (Phi) is 7.95. The van der Waals surface area contributed by atoms with Crippen LogP contribution in [0.5, 0.6) is 0 Å². The molecule has 2 aliphatic rings. The minimum absolute atomic E-state index is 0.211. The topological polar surface area (TPSA) is 104 Å². The van der Waals surface area contributed by atoms with Crippen molar-refractivity contribution in [2.24, 2.45) is 0 Å². The lowest BCUT2D eigenvalue weighted by atomic mass is 10.1. The lowest BCUT2D eigenvalue weighted by molar-refractivity contribution is 0.102. The Hall–Kier alpha value is -4.74. The number of anilines is 4. The molecule has 10 nitrogen and oxygen atoms in total. The van der Waals surface area contributed by atoms with Crippen molar-refractivity contribution in [3.8, 4) is 22.6 Å². The second-order valence-corrected chi connectivity index (χ2v) is 11.8. The quantitative estimate of drug-likeness (QED) is 0.233. The number of rotatable bonds is 8. The molecule has 1 amide bonds. The Bertz CT molecular complexity index is 1770. The zero-order chi connectivity index (χ0) is 29.9. The molecule has 0 radical (unpaired) electrons. The highest BCUT2D eigenvalue weighted by atomic mass is 32.2. The summed E-state index contributed by atoms with van der Waals surface area (Å²) in [7, 11) is 0. The van der Waals surface area contributed by atoms with Gasteiger partial charge in [0.25, 0.3) is 5.91 Å². The molecule has 11 heteroatoms. The third-order valence-electron chi connectivity index (χ3n) is 8.00. The zero-order valence-corrected chi connectivity index (χ0v) is 25.3. The molecule has 5 heterocycles. The summed E-state index contributed by atoms with van der Waals surface area (Å²) in [4.78, 5) is 36.2. The Morgan fingerprint density at radius 1 is 0.909 bits per heavy atom. The molecule has 44 heavy (non-hydrogen) atoms. The van der Waals surface area contributed by atoms with Gasteiger partial charge >= 0.3 is 0 Å². The van der Waals surface area contributed by atoms with E-state index in [1.807, 2.05) is 30.3 Å². The van der Waals surface area contributed by atoms with Gasteiger partial charge in [-0.05, 0) is 61.1 Å². The number of nitrogens with zero attached hydrogens (tertiary/aromatic N) is 7. The number of hydrogen-bond acceptors (Lipinski definition) is 9. The molecular weight excluding hydrogens is 570 g/mol. The second kappa shape index (κ2) is 12.5. The minimum Gasteiger partial charge on any atom is -0.369 e. The Morgan fingerprint density at radius 2 is 1.77 bits per heavy atom. The van der Waals surface area contributed by atoms with Crippen molar-refractivity contribution in [3.63, 3.8) is 0 Å². The molecule has 1 fully saturated rings. The van der Waals surface area contributed by atoms with Crippen LogP contribution in [0.4, 0.5) is 23.0 Å². The zero-order valence-electron chi connectivity index (χ0n) is 24.5. The molecule has 0 unspecified atom stereocenters. The fourth-order valence-corrected chi connectivity index (χ4v) is 6.59. The monoisotopic (exact) mass is 603 g/mol. The fraction of sp³-hybridized carbons (Fsp3) is 0.242. The average molecular weight is 604 g/mol. The van der Waals surface area contributed by atoms with Gasteiger partial charge in [0.1, 0.15) is 0 Å². The highest BCUT2D eigenvalue weighted by Crippen LogP contribution is 2.39. The van der Waals surface area contributed by atoms with E-state index in [9.17, 15) is 4.79 Å².